The van der Waals surface area contributed by atoms with E-state index in [0.717, 1.165) is 6.92 Å². The lowest BCUT2D eigenvalue weighted by Crippen LogP contribution is -2.62. The second-order valence-electron chi connectivity index (χ2n) is 15.4. The van der Waals surface area contributed by atoms with Gasteiger partial charge in [-0.05, 0) is 49.4 Å². The van der Waals surface area contributed by atoms with Crippen LogP contribution in [0.1, 0.15) is 58.1 Å². The van der Waals surface area contributed by atoms with E-state index in [1.807, 2.05) is 0 Å². The van der Waals surface area contributed by atoms with Crippen molar-refractivity contribution in [2.45, 2.75) is 108 Å². The molecule has 2 rings (SSSR count). The number of primary amides is 2. The Bertz CT molecular complexity index is 1980. The van der Waals surface area contributed by atoms with Crippen LogP contribution in [0.15, 0.2) is 54.6 Å². The standard InChI is InChI=1S/C41H58N10O13/c1-20(2)14-30(41(63)64)50-37(59)26(16-24-10-12-25(53)13-11-24)48-38(60)29(18-32(44)55)49-40(62)34(22(4)52)51-39(61)27(15-23-8-6-5-7-9-23)47-35(57)21(3)45-36(58)28(17-31(43)54)46-33(56)19-42/h5-13,20-22,26-30,34,52-53H,14-19,42H2,1-4H3,(H2,43,54)(H2,44,55)(H,45,58)(H,46,56)(H,47,57)(H,48,60)(H,49,62)(H,50,59)(H,51,61)(H,63,64)/t21-,22+,26-,27-,28-,29-,30-,34-/m0/s1. The third-order valence-electron chi connectivity index (χ3n) is 9.34. The molecule has 23 nitrogen and oxygen atoms in total. The van der Waals surface area contributed by atoms with Crippen molar-refractivity contribution >= 4 is 59.1 Å². The number of nitrogens with one attached hydrogen (secondary N) is 7. The first-order valence-corrected chi connectivity index (χ1v) is 20.1. The van der Waals surface area contributed by atoms with E-state index >= 15 is 0 Å². The first-order chi connectivity index (χ1) is 30.0. The molecule has 0 aliphatic rings. The molecule has 0 heterocycles. The number of aliphatic carboxylic acids is 1. The summed E-state index contributed by atoms with van der Waals surface area (Å²) in [6.45, 7) is 5.32. The lowest BCUT2D eigenvalue weighted by atomic mass is 10.0. The summed E-state index contributed by atoms with van der Waals surface area (Å²) < 4.78 is 0. The molecule has 0 aliphatic heterocycles. The highest BCUT2D eigenvalue weighted by atomic mass is 16.4. The Morgan fingerprint density at radius 2 is 0.984 bits per heavy atom. The second-order valence-corrected chi connectivity index (χ2v) is 15.4. The van der Waals surface area contributed by atoms with Crippen molar-refractivity contribution in [3.63, 3.8) is 0 Å². The van der Waals surface area contributed by atoms with E-state index in [0.29, 0.717) is 11.1 Å². The Labute approximate surface area is 368 Å². The van der Waals surface area contributed by atoms with Crippen LogP contribution in [0.3, 0.4) is 0 Å². The maximum absolute atomic E-state index is 13.9. The molecule has 64 heavy (non-hydrogen) atoms. The highest BCUT2D eigenvalue weighted by molar-refractivity contribution is 5.99. The van der Waals surface area contributed by atoms with Gasteiger partial charge in [-0.1, -0.05) is 56.3 Å². The second kappa shape index (κ2) is 25.7. The summed E-state index contributed by atoms with van der Waals surface area (Å²) >= 11 is 0. The number of benzene rings is 2. The van der Waals surface area contributed by atoms with Crippen molar-refractivity contribution in [2.24, 2.45) is 23.1 Å². The van der Waals surface area contributed by atoms with Crippen LogP contribution >= 0.6 is 0 Å². The van der Waals surface area contributed by atoms with Gasteiger partial charge in [0.25, 0.3) is 0 Å². The number of carbonyl (C=O) groups is 10. The zero-order valence-electron chi connectivity index (χ0n) is 35.8. The number of nitrogens with two attached hydrogens (primary N) is 3. The molecular weight excluding hydrogens is 841 g/mol. The van der Waals surface area contributed by atoms with Gasteiger partial charge in [0.05, 0.1) is 25.5 Å². The number of aliphatic hydroxyl groups is 1. The Balaban J connectivity index is 2.37. The number of hydrogen-bond donors (Lipinski definition) is 13. The Morgan fingerprint density at radius 3 is 1.47 bits per heavy atom. The number of amides is 9. The number of carboxylic acids is 1. The SMILES string of the molecule is CC(C)C[C@H](NC(=O)[C@H](Cc1ccc(O)cc1)NC(=O)[C@H](CC(N)=O)NC(=O)[C@@H](NC(=O)[C@H](Cc1ccccc1)NC(=O)[C@H](C)NC(=O)[C@H](CC(N)=O)NC(=O)CN)[C@@H](C)O)C(=O)O. The third kappa shape index (κ3) is 18.5. The fourth-order valence-electron chi connectivity index (χ4n) is 6.04. The van der Waals surface area contributed by atoms with Crippen molar-refractivity contribution in [1.29, 1.82) is 0 Å². The van der Waals surface area contributed by atoms with Gasteiger partial charge in [0.2, 0.25) is 53.2 Å². The third-order valence-corrected chi connectivity index (χ3v) is 9.34. The summed E-state index contributed by atoms with van der Waals surface area (Å²) in [6, 6.07) is 2.86. The quantitative estimate of drug-likeness (QED) is 0.0426. The van der Waals surface area contributed by atoms with Gasteiger partial charge >= 0.3 is 5.97 Å². The maximum Gasteiger partial charge on any atom is 0.326 e. The van der Waals surface area contributed by atoms with Crippen LogP contribution < -0.4 is 54.4 Å². The molecule has 0 saturated heterocycles. The first-order valence-electron chi connectivity index (χ1n) is 20.1. The first kappa shape index (κ1) is 53.0. The van der Waals surface area contributed by atoms with E-state index in [4.69, 9.17) is 17.2 Å². The minimum atomic E-state index is -1.85. The fraction of sp³-hybridized carbons (Fsp3) is 0.463. The molecule has 0 radical (unpaired) electrons. The van der Waals surface area contributed by atoms with E-state index in [2.05, 4.69) is 37.2 Å². The van der Waals surface area contributed by atoms with E-state index in [9.17, 15) is 63.3 Å². The monoisotopic (exact) mass is 898 g/mol. The normalized spacial score (nSPS) is 14.7. The summed E-state index contributed by atoms with van der Waals surface area (Å²) in [4.78, 5) is 129. The van der Waals surface area contributed by atoms with E-state index < -0.39 is 127 Å². The zero-order chi connectivity index (χ0) is 48.3. The molecule has 23 heteroatoms. The molecule has 0 saturated carbocycles. The minimum Gasteiger partial charge on any atom is -0.508 e. The van der Waals surface area contributed by atoms with Crippen LogP contribution in [0.2, 0.25) is 0 Å². The molecule has 0 spiro atoms. The molecule has 16 N–H and O–H groups in total. The molecular formula is C41H58N10O13. The van der Waals surface area contributed by atoms with Crippen LogP contribution in [0.5, 0.6) is 5.75 Å². The summed E-state index contributed by atoms with van der Waals surface area (Å²) in [5.74, 6) is -10.6. The van der Waals surface area contributed by atoms with Crippen molar-refractivity contribution in [1.82, 2.24) is 37.2 Å². The van der Waals surface area contributed by atoms with Gasteiger partial charge in [-0.3, -0.25) is 43.2 Å². The number of aliphatic hydroxyl groups excluding tert-OH is 1. The Morgan fingerprint density at radius 1 is 0.547 bits per heavy atom. The van der Waals surface area contributed by atoms with Gasteiger partial charge in [-0.25, -0.2) is 4.79 Å². The number of carboxylic acid groups (broad SMARTS) is 1. The Hall–Kier alpha value is -7.14. The van der Waals surface area contributed by atoms with E-state index in [1.54, 1.807) is 44.2 Å². The zero-order valence-corrected chi connectivity index (χ0v) is 35.8. The van der Waals surface area contributed by atoms with E-state index in [-0.39, 0.29) is 30.9 Å². The van der Waals surface area contributed by atoms with Gasteiger partial charge in [0.15, 0.2) is 0 Å². The summed E-state index contributed by atoms with van der Waals surface area (Å²) in [6.07, 6.45) is -3.55. The predicted octanol–water partition coefficient (Wildman–Crippen LogP) is -4.19. The van der Waals surface area contributed by atoms with Gasteiger partial charge in [0, 0.05) is 12.8 Å². The molecule has 0 aromatic heterocycles. The Kier molecular flexibility index (Phi) is 21.3. The topological polar surface area (TPSA) is 394 Å². The minimum absolute atomic E-state index is 0.0363. The van der Waals surface area contributed by atoms with Crippen LogP contribution in [0.25, 0.3) is 0 Å². The van der Waals surface area contributed by atoms with Crippen molar-refractivity contribution in [2.75, 3.05) is 6.54 Å². The van der Waals surface area contributed by atoms with Crippen LogP contribution in [0, 0.1) is 5.92 Å². The number of carbonyl (C=O) groups excluding carboxylic acids is 9. The van der Waals surface area contributed by atoms with Crippen LogP contribution in [-0.4, -0.2) is 129 Å². The number of rotatable bonds is 26. The predicted molar refractivity (Wildman–Crippen MR) is 227 cm³/mol. The highest BCUT2D eigenvalue weighted by Crippen LogP contribution is 2.13. The van der Waals surface area contributed by atoms with Gasteiger partial charge in [-0.15, -0.1) is 0 Å². The number of phenolic OH excluding ortho intramolecular Hbond substituents is 1. The average Bonchev–Trinajstić information content (AvgIpc) is 3.21. The molecule has 0 bridgehead atoms. The van der Waals surface area contributed by atoms with Crippen LogP contribution in [0.4, 0.5) is 0 Å². The van der Waals surface area contributed by atoms with Crippen molar-refractivity contribution in [3.8, 4) is 5.75 Å². The number of aromatic hydroxyl groups is 1. The van der Waals surface area contributed by atoms with Gasteiger partial charge < -0.3 is 69.7 Å². The lowest BCUT2D eigenvalue weighted by Gasteiger charge is -2.28. The molecule has 350 valence electrons. The molecule has 2 aromatic carbocycles. The molecule has 0 unspecified atom stereocenters. The largest absolute Gasteiger partial charge is 0.508 e. The molecule has 0 aliphatic carbocycles. The lowest BCUT2D eigenvalue weighted by molar-refractivity contribution is -0.143. The maximum atomic E-state index is 13.9. The summed E-state index contributed by atoms with van der Waals surface area (Å²) in [5.41, 5.74) is 16.8. The van der Waals surface area contributed by atoms with E-state index in [1.165, 1.54) is 31.2 Å². The van der Waals surface area contributed by atoms with Crippen molar-refractivity contribution < 1.29 is 63.3 Å². The van der Waals surface area contributed by atoms with Gasteiger partial charge in [-0.2, -0.15) is 0 Å². The molecule has 9 amide bonds. The molecule has 0 fully saturated rings. The number of phenols is 1. The highest BCUT2D eigenvalue weighted by Gasteiger charge is 2.36. The summed E-state index contributed by atoms with van der Waals surface area (Å²) in [5, 5.41) is 46.6. The van der Waals surface area contributed by atoms with Crippen molar-refractivity contribution in [3.05, 3.63) is 65.7 Å². The molecule has 8 atom stereocenters. The van der Waals surface area contributed by atoms with Gasteiger partial charge in [0.1, 0.15) is 48.0 Å². The smallest absolute Gasteiger partial charge is 0.326 e. The van der Waals surface area contributed by atoms with Crippen LogP contribution in [-0.2, 0) is 60.8 Å². The summed E-state index contributed by atoms with van der Waals surface area (Å²) in [7, 11) is 0. The average molecular weight is 899 g/mol. The fourth-order valence-corrected chi connectivity index (χ4v) is 6.04. The molecule has 2 aromatic rings. The number of hydrogen-bond acceptors (Lipinski definition) is 13.